The average Bonchev–Trinajstić information content (AvgIpc) is 2.39. The van der Waals surface area contributed by atoms with E-state index in [0.29, 0.717) is 23.7 Å². The summed E-state index contributed by atoms with van der Waals surface area (Å²) in [6, 6.07) is 1.80. The Balaban J connectivity index is 3.28. The van der Waals surface area contributed by atoms with Crippen LogP contribution < -0.4 is 4.74 Å². The Labute approximate surface area is 125 Å². The van der Waals surface area contributed by atoms with Gasteiger partial charge in [-0.05, 0) is 37.3 Å². The number of aromatic nitrogens is 1. The van der Waals surface area contributed by atoms with Gasteiger partial charge in [0.25, 0.3) is 0 Å². The van der Waals surface area contributed by atoms with Crippen LogP contribution in [-0.4, -0.2) is 23.2 Å². The van der Waals surface area contributed by atoms with Crippen molar-refractivity contribution < 1.29 is 14.6 Å². The molecule has 5 heteroatoms. The molecule has 1 aromatic rings. The lowest BCUT2D eigenvalue weighted by Crippen LogP contribution is -2.35. The standard InChI is InChI=1S/C15H22ClNO3/c1-6-11-10(7-12(20-5)13(16)17-11)8-15(4,9(2)3)14(18)19/h7,9H,6,8H2,1-5H3,(H,18,19). The van der Waals surface area contributed by atoms with Gasteiger partial charge < -0.3 is 9.84 Å². The summed E-state index contributed by atoms with van der Waals surface area (Å²) in [7, 11) is 1.52. The number of methoxy groups -OCH3 is 1. The van der Waals surface area contributed by atoms with Crippen LogP contribution in [-0.2, 0) is 17.6 Å². The second-order valence-corrected chi connectivity index (χ2v) is 5.85. The monoisotopic (exact) mass is 299 g/mol. The number of ether oxygens (including phenoxy) is 1. The first-order chi connectivity index (χ1) is 9.26. The third-order valence-corrected chi connectivity index (χ3v) is 4.26. The molecule has 1 rings (SSSR count). The predicted molar refractivity (Wildman–Crippen MR) is 79.5 cm³/mol. The molecule has 0 aliphatic heterocycles. The third kappa shape index (κ3) is 3.23. The van der Waals surface area contributed by atoms with Gasteiger partial charge in [0, 0.05) is 5.69 Å². The van der Waals surface area contributed by atoms with Crippen molar-refractivity contribution in [2.75, 3.05) is 7.11 Å². The maximum atomic E-state index is 11.6. The number of pyridine rings is 1. The molecule has 0 fully saturated rings. The number of nitrogens with zero attached hydrogens (tertiary/aromatic N) is 1. The molecule has 0 radical (unpaired) electrons. The first-order valence-corrected chi connectivity index (χ1v) is 7.09. The van der Waals surface area contributed by atoms with Crippen LogP contribution in [0.5, 0.6) is 5.75 Å². The molecule has 1 heterocycles. The Bertz CT molecular complexity index is 502. The first kappa shape index (κ1) is 16.8. The van der Waals surface area contributed by atoms with E-state index in [1.807, 2.05) is 20.8 Å². The Morgan fingerprint density at radius 3 is 2.55 bits per heavy atom. The molecule has 20 heavy (non-hydrogen) atoms. The fourth-order valence-corrected chi connectivity index (χ4v) is 2.30. The SMILES string of the molecule is CCc1nc(Cl)c(OC)cc1CC(C)(C(=O)O)C(C)C. The molecule has 1 N–H and O–H groups in total. The molecule has 0 spiro atoms. The van der Waals surface area contributed by atoms with Crippen LogP contribution in [0.1, 0.15) is 39.0 Å². The van der Waals surface area contributed by atoms with Crippen molar-refractivity contribution in [3.8, 4) is 5.75 Å². The van der Waals surface area contributed by atoms with Crippen LogP contribution in [0.15, 0.2) is 6.07 Å². The highest BCUT2D eigenvalue weighted by molar-refractivity contribution is 6.30. The summed E-state index contributed by atoms with van der Waals surface area (Å²) in [5, 5.41) is 9.85. The van der Waals surface area contributed by atoms with E-state index >= 15 is 0 Å². The molecular weight excluding hydrogens is 278 g/mol. The summed E-state index contributed by atoms with van der Waals surface area (Å²) in [4.78, 5) is 15.9. The number of hydrogen-bond acceptors (Lipinski definition) is 3. The van der Waals surface area contributed by atoms with Crippen LogP contribution in [0, 0.1) is 11.3 Å². The molecule has 0 saturated carbocycles. The molecule has 112 valence electrons. The highest BCUT2D eigenvalue weighted by Gasteiger charge is 2.37. The number of carboxylic acids is 1. The summed E-state index contributed by atoms with van der Waals surface area (Å²) >= 11 is 6.02. The van der Waals surface area contributed by atoms with Gasteiger partial charge in [-0.15, -0.1) is 0 Å². The Morgan fingerprint density at radius 1 is 1.55 bits per heavy atom. The number of aliphatic carboxylic acids is 1. The van der Waals surface area contributed by atoms with Crippen LogP contribution in [0.25, 0.3) is 0 Å². The van der Waals surface area contributed by atoms with E-state index in [9.17, 15) is 9.90 Å². The van der Waals surface area contributed by atoms with Crippen molar-refractivity contribution in [1.82, 2.24) is 4.98 Å². The second-order valence-electron chi connectivity index (χ2n) is 5.49. The van der Waals surface area contributed by atoms with E-state index in [2.05, 4.69) is 4.98 Å². The van der Waals surface area contributed by atoms with Gasteiger partial charge >= 0.3 is 5.97 Å². The normalized spacial score (nSPS) is 14.2. The van der Waals surface area contributed by atoms with E-state index in [1.54, 1.807) is 13.0 Å². The highest BCUT2D eigenvalue weighted by Crippen LogP contribution is 2.35. The number of halogens is 1. The lowest BCUT2D eigenvalue weighted by atomic mass is 9.74. The van der Waals surface area contributed by atoms with Gasteiger partial charge in [0.1, 0.15) is 0 Å². The lowest BCUT2D eigenvalue weighted by molar-refractivity contribution is -0.150. The van der Waals surface area contributed by atoms with Crippen LogP contribution in [0.4, 0.5) is 0 Å². The van der Waals surface area contributed by atoms with Crippen LogP contribution in [0.3, 0.4) is 0 Å². The van der Waals surface area contributed by atoms with Gasteiger partial charge in [-0.3, -0.25) is 4.79 Å². The molecule has 4 nitrogen and oxygen atoms in total. The van der Waals surface area contributed by atoms with Crippen molar-refractivity contribution >= 4 is 17.6 Å². The van der Waals surface area contributed by atoms with Crippen molar-refractivity contribution in [1.29, 1.82) is 0 Å². The summed E-state index contributed by atoms with van der Waals surface area (Å²) < 4.78 is 5.18. The van der Waals surface area contributed by atoms with E-state index < -0.39 is 11.4 Å². The first-order valence-electron chi connectivity index (χ1n) is 6.71. The smallest absolute Gasteiger partial charge is 0.309 e. The fourth-order valence-electron chi connectivity index (χ4n) is 2.07. The maximum Gasteiger partial charge on any atom is 0.309 e. The molecular formula is C15H22ClNO3. The zero-order valence-corrected chi connectivity index (χ0v) is 13.4. The van der Waals surface area contributed by atoms with Crippen molar-refractivity contribution in [3.63, 3.8) is 0 Å². The molecule has 0 aliphatic rings. The Morgan fingerprint density at radius 2 is 2.15 bits per heavy atom. The topological polar surface area (TPSA) is 59.4 Å². The van der Waals surface area contributed by atoms with Gasteiger partial charge in [-0.25, -0.2) is 4.98 Å². The van der Waals surface area contributed by atoms with E-state index in [-0.39, 0.29) is 5.92 Å². The Kier molecular flexibility index (Phi) is 5.40. The number of carbonyl (C=O) groups is 1. The molecule has 1 aromatic heterocycles. The number of carboxylic acid groups (broad SMARTS) is 1. The number of hydrogen-bond donors (Lipinski definition) is 1. The van der Waals surface area contributed by atoms with E-state index in [0.717, 1.165) is 11.3 Å². The fraction of sp³-hybridized carbons (Fsp3) is 0.600. The molecule has 0 saturated heterocycles. The maximum absolute atomic E-state index is 11.6. The molecule has 0 aliphatic carbocycles. The molecule has 1 atom stereocenters. The minimum absolute atomic E-state index is 0.00591. The average molecular weight is 300 g/mol. The summed E-state index contributed by atoms with van der Waals surface area (Å²) in [5.41, 5.74) is 0.862. The Hall–Kier alpha value is -1.29. The van der Waals surface area contributed by atoms with Gasteiger partial charge in [-0.1, -0.05) is 32.4 Å². The quantitative estimate of drug-likeness (QED) is 0.815. The van der Waals surface area contributed by atoms with Crippen LogP contribution in [0.2, 0.25) is 5.15 Å². The summed E-state index contributed by atoms with van der Waals surface area (Å²) in [6.07, 6.45) is 1.11. The third-order valence-electron chi connectivity index (χ3n) is 3.99. The van der Waals surface area contributed by atoms with Gasteiger partial charge in [-0.2, -0.15) is 0 Å². The van der Waals surface area contributed by atoms with Gasteiger partial charge in [0.15, 0.2) is 10.9 Å². The van der Waals surface area contributed by atoms with Gasteiger partial charge in [0.2, 0.25) is 0 Å². The largest absolute Gasteiger partial charge is 0.494 e. The van der Waals surface area contributed by atoms with Crippen molar-refractivity contribution in [2.45, 2.75) is 40.5 Å². The van der Waals surface area contributed by atoms with Crippen molar-refractivity contribution in [3.05, 3.63) is 22.5 Å². The van der Waals surface area contributed by atoms with E-state index in [1.165, 1.54) is 7.11 Å². The number of rotatable bonds is 6. The zero-order chi connectivity index (χ0) is 15.5. The minimum Gasteiger partial charge on any atom is -0.494 e. The molecule has 1 unspecified atom stereocenters. The highest BCUT2D eigenvalue weighted by atomic mass is 35.5. The van der Waals surface area contributed by atoms with E-state index in [4.69, 9.17) is 16.3 Å². The molecule has 0 bridgehead atoms. The van der Waals surface area contributed by atoms with Crippen molar-refractivity contribution in [2.24, 2.45) is 11.3 Å². The molecule has 0 amide bonds. The summed E-state index contributed by atoms with van der Waals surface area (Å²) in [5.74, 6) is -0.315. The minimum atomic E-state index is -0.843. The second kappa shape index (κ2) is 6.44. The number of aryl methyl sites for hydroxylation is 1. The predicted octanol–water partition coefficient (Wildman–Crippen LogP) is 3.60. The summed E-state index contributed by atoms with van der Waals surface area (Å²) in [6.45, 7) is 7.57. The molecule has 0 aromatic carbocycles. The zero-order valence-electron chi connectivity index (χ0n) is 12.7. The van der Waals surface area contributed by atoms with Crippen LogP contribution >= 0.6 is 11.6 Å². The lowest BCUT2D eigenvalue weighted by Gasteiger charge is -2.30. The van der Waals surface area contributed by atoms with Gasteiger partial charge in [0.05, 0.1) is 12.5 Å².